The fourth-order valence-corrected chi connectivity index (χ4v) is 2.43. The average molecular weight is 351 g/mol. The Morgan fingerprint density at radius 1 is 1.16 bits per heavy atom. The topological polar surface area (TPSA) is 64.6 Å². The number of benzene rings is 2. The van der Waals surface area contributed by atoms with Gasteiger partial charge < -0.3 is 14.8 Å². The summed E-state index contributed by atoms with van der Waals surface area (Å²) in [5.74, 6) is 1.18. The van der Waals surface area contributed by atoms with Crippen LogP contribution in [0.25, 0.3) is 0 Å². The number of carbonyl (C=O) groups is 2. The minimum atomic E-state index is -0.288. The summed E-state index contributed by atoms with van der Waals surface area (Å²) in [6.07, 6.45) is 0. The first-order chi connectivity index (χ1) is 11.5. The van der Waals surface area contributed by atoms with Crippen molar-refractivity contribution in [1.82, 2.24) is 0 Å². The number of rotatable bonds is 7. The first kappa shape index (κ1) is 21.2. The third kappa shape index (κ3) is 6.53. The van der Waals surface area contributed by atoms with Crippen LogP contribution in [0.3, 0.4) is 0 Å². The molecule has 0 radical (unpaired) electrons. The molecule has 0 spiro atoms. The number of nitrogens with one attached hydrogen (secondary N) is 1. The summed E-state index contributed by atoms with van der Waals surface area (Å²) in [6, 6.07) is 12.4. The van der Waals surface area contributed by atoms with Crippen LogP contribution in [-0.4, -0.2) is 48.5 Å². The molecule has 2 aromatic rings. The third-order valence-electron chi connectivity index (χ3n) is 3.54. The van der Waals surface area contributed by atoms with Crippen molar-refractivity contribution in [2.75, 3.05) is 11.9 Å². The van der Waals surface area contributed by atoms with Gasteiger partial charge in [-0.2, -0.15) is 0 Å². The molecule has 1 amide bonds. The Morgan fingerprint density at radius 2 is 1.92 bits per heavy atom. The molecule has 0 atom stereocenters. The van der Waals surface area contributed by atoms with E-state index in [1.54, 1.807) is 24.3 Å². The van der Waals surface area contributed by atoms with Gasteiger partial charge in [-0.15, -0.1) is 0 Å². The number of hydrogen-bond donors (Lipinski definition) is 1. The first-order valence-corrected chi connectivity index (χ1v) is 7.73. The van der Waals surface area contributed by atoms with Crippen molar-refractivity contribution in [1.29, 1.82) is 0 Å². The Hall–Kier alpha value is -1.82. The van der Waals surface area contributed by atoms with Gasteiger partial charge in [-0.1, -0.05) is 26.0 Å². The van der Waals surface area contributed by atoms with Crippen molar-refractivity contribution in [2.45, 2.75) is 26.7 Å². The zero-order valence-electron chi connectivity index (χ0n) is 14.0. The van der Waals surface area contributed by atoms with Crippen LogP contribution >= 0.6 is 0 Å². The molecule has 2 rings (SSSR count). The maximum atomic E-state index is 12.0. The van der Waals surface area contributed by atoms with Crippen molar-refractivity contribution in [3.63, 3.8) is 0 Å². The van der Waals surface area contributed by atoms with E-state index in [9.17, 15) is 9.59 Å². The molecule has 6 heteroatoms. The molecule has 0 fully saturated rings. The molecule has 25 heavy (non-hydrogen) atoms. The zero-order valence-corrected chi connectivity index (χ0v) is 14.0. The van der Waals surface area contributed by atoms with Crippen LogP contribution in [0.15, 0.2) is 42.5 Å². The van der Waals surface area contributed by atoms with Gasteiger partial charge in [0.1, 0.15) is 11.5 Å². The Balaban J connectivity index is 0.00000312. The standard InChI is InChI=1S/C19H21NO4.Na.H/c1-13(2)18-8-7-17(9-14(18)3)23-11-19(22)20-15-5-4-6-16(10-15)24-12-21;;/h4-10,12-13H,11H2,1-3H3,(H,20,22);;. The predicted octanol–water partition coefficient (Wildman–Crippen LogP) is 3.02. The predicted molar refractivity (Wildman–Crippen MR) is 99.7 cm³/mol. The molecule has 0 saturated carbocycles. The van der Waals surface area contributed by atoms with Gasteiger partial charge in [0, 0.05) is 11.8 Å². The number of anilines is 1. The van der Waals surface area contributed by atoms with Crippen LogP contribution in [0, 0.1) is 6.92 Å². The van der Waals surface area contributed by atoms with Crippen molar-refractivity contribution < 1.29 is 19.1 Å². The number of carbonyl (C=O) groups excluding carboxylic acids is 2. The van der Waals surface area contributed by atoms with E-state index < -0.39 is 0 Å². The van der Waals surface area contributed by atoms with Crippen molar-refractivity contribution in [3.05, 3.63) is 53.6 Å². The molecule has 0 saturated heterocycles. The minimum absolute atomic E-state index is 0. The molecule has 0 aliphatic carbocycles. The van der Waals surface area contributed by atoms with E-state index in [2.05, 4.69) is 19.2 Å². The fraction of sp³-hybridized carbons (Fsp3) is 0.263. The van der Waals surface area contributed by atoms with E-state index in [-0.39, 0.29) is 42.1 Å². The molecule has 128 valence electrons. The molecule has 2 aromatic carbocycles. The van der Waals surface area contributed by atoms with E-state index >= 15 is 0 Å². The van der Waals surface area contributed by atoms with Gasteiger partial charge in [0.2, 0.25) is 0 Å². The number of aryl methyl sites for hydroxylation is 1. The molecule has 0 aliphatic heterocycles. The summed E-state index contributed by atoms with van der Waals surface area (Å²) in [5, 5.41) is 2.70. The number of hydrogen-bond acceptors (Lipinski definition) is 4. The third-order valence-corrected chi connectivity index (χ3v) is 3.54. The average Bonchev–Trinajstić information content (AvgIpc) is 2.53. The summed E-state index contributed by atoms with van der Waals surface area (Å²) in [4.78, 5) is 22.3. The van der Waals surface area contributed by atoms with Crippen LogP contribution in [0.5, 0.6) is 11.5 Å². The van der Waals surface area contributed by atoms with Gasteiger partial charge in [0.05, 0.1) is 0 Å². The van der Waals surface area contributed by atoms with Gasteiger partial charge in [0.25, 0.3) is 12.4 Å². The van der Waals surface area contributed by atoms with Gasteiger partial charge in [-0.25, -0.2) is 0 Å². The van der Waals surface area contributed by atoms with Gasteiger partial charge in [-0.3, -0.25) is 9.59 Å². The van der Waals surface area contributed by atoms with Crippen LogP contribution in [0.1, 0.15) is 30.9 Å². The molecule has 0 heterocycles. The second-order valence-corrected chi connectivity index (χ2v) is 5.75. The maximum absolute atomic E-state index is 12.0. The summed E-state index contributed by atoms with van der Waals surface area (Å²) >= 11 is 0. The van der Waals surface area contributed by atoms with Gasteiger partial charge in [-0.05, 0) is 48.2 Å². The second-order valence-electron chi connectivity index (χ2n) is 5.75. The number of amides is 1. The van der Waals surface area contributed by atoms with Crippen LogP contribution in [0.2, 0.25) is 0 Å². The first-order valence-electron chi connectivity index (χ1n) is 7.73. The molecule has 0 aliphatic rings. The van der Waals surface area contributed by atoms with Gasteiger partial charge >= 0.3 is 29.6 Å². The summed E-state index contributed by atoms with van der Waals surface area (Å²) < 4.78 is 10.3. The van der Waals surface area contributed by atoms with E-state index in [4.69, 9.17) is 9.47 Å². The Bertz CT molecular complexity index is 731. The van der Waals surface area contributed by atoms with Crippen LogP contribution in [0.4, 0.5) is 5.69 Å². The quantitative estimate of drug-likeness (QED) is 0.615. The second kappa shape index (κ2) is 10.2. The fourth-order valence-electron chi connectivity index (χ4n) is 2.43. The Labute approximate surface area is 170 Å². The van der Waals surface area contributed by atoms with Crippen LogP contribution < -0.4 is 14.8 Å². The zero-order chi connectivity index (χ0) is 17.5. The Kier molecular flexibility index (Phi) is 8.69. The van der Waals surface area contributed by atoms with E-state index in [1.807, 2.05) is 25.1 Å². The summed E-state index contributed by atoms with van der Waals surface area (Å²) in [6.45, 7) is 6.55. The van der Waals surface area contributed by atoms with Crippen molar-refractivity contribution in [2.24, 2.45) is 0 Å². The van der Waals surface area contributed by atoms with Gasteiger partial charge in [0.15, 0.2) is 6.61 Å². The molecule has 0 aromatic heterocycles. The summed E-state index contributed by atoms with van der Waals surface area (Å²) in [5.41, 5.74) is 2.94. The van der Waals surface area contributed by atoms with E-state index in [1.165, 1.54) is 5.56 Å². The Morgan fingerprint density at radius 3 is 2.56 bits per heavy atom. The van der Waals surface area contributed by atoms with E-state index in [0.717, 1.165) is 5.56 Å². The van der Waals surface area contributed by atoms with Crippen molar-refractivity contribution in [3.8, 4) is 11.5 Å². The molecule has 1 N–H and O–H groups in total. The van der Waals surface area contributed by atoms with Crippen LogP contribution in [-0.2, 0) is 9.59 Å². The SMILES string of the molecule is Cc1cc(OCC(=O)Nc2cccc(OC=O)c2)ccc1C(C)C.[NaH]. The molecular weight excluding hydrogens is 329 g/mol. The van der Waals surface area contributed by atoms with Crippen molar-refractivity contribution >= 4 is 47.6 Å². The molecular formula is C19H22NNaO4. The molecule has 0 unspecified atom stereocenters. The normalized spacial score (nSPS) is 9.92. The monoisotopic (exact) mass is 351 g/mol. The molecule has 0 bridgehead atoms. The summed E-state index contributed by atoms with van der Waals surface area (Å²) in [7, 11) is 0. The number of ether oxygens (including phenoxy) is 2. The van der Waals surface area contributed by atoms with E-state index in [0.29, 0.717) is 29.6 Å². The molecule has 5 nitrogen and oxygen atoms in total.